The minimum Gasteiger partial charge on any atom is -0.362 e. The first kappa shape index (κ1) is 15.8. The number of nitro groups is 1. The summed E-state index contributed by atoms with van der Waals surface area (Å²) >= 11 is 0. The molecule has 0 amide bonds. The van der Waals surface area contributed by atoms with Crippen LogP contribution in [0, 0.1) is 22.0 Å². The third-order valence-electron chi connectivity index (χ3n) is 4.61. The number of rotatable bonds is 5. The molecule has 6 heteroatoms. The highest BCUT2D eigenvalue weighted by molar-refractivity contribution is 5.60. The molecule has 1 aliphatic carbocycles. The van der Waals surface area contributed by atoms with E-state index in [2.05, 4.69) is 24.3 Å². The molecule has 6 nitrogen and oxygen atoms in total. The molecule has 118 valence electrons. The Morgan fingerprint density at radius 1 is 1.43 bits per heavy atom. The largest absolute Gasteiger partial charge is 0.362 e. The summed E-state index contributed by atoms with van der Waals surface area (Å²) in [6.45, 7) is 6.37. The van der Waals surface area contributed by atoms with Crippen molar-refractivity contribution in [1.82, 2.24) is 9.78 Å². The van der Waals surface area contributed by atoms with Crippen molar-refractivity contribution in [1.29, 1.82) is 0 Å². The van der Waals surface area contributed by atoms with Gasteiger partial charge in [-0.2, -0.15) is 5.10 Å². The molecule has 21 heavy (non-hydrogen) atoms. The van der Waals surface area contributed by atoms with Gasteiger partial charge >= 0.3 is 5.69 Å². The lowest BCUT2D eigenvalue weighted by molar-refractivity contribution is -0.384. The summed E-state index contributed by atoms with van der Waals surface area (Å²) in [6, 6.07) is 0.303. The van der Waals surface area contributed by atoms with Gasteiger partial charge in [0.05, 0.1) is 4.92 Å². The molecule has 0 radical (unpaired) electrons. The van der Waals surface area contributed by atoms with E-state index < -0.39 is 0 Å². The molecule has 1 N–H and O–H groups in total. The van der Waals surface area contributed by atoms with Crippen molar-refractivity contribution in [2.45, 2.75) is 58.9 Å². The second-order valence-corrected chi connectivity index (χ2v) is 6.32. The molecule has 1 aromatic rings. The SMILES string of the molecule is CCc1nn(C)c(NC2CCCCC2C(C)C)c1[N+](=O)[O-]. The maximum atomic E-state index is 11.4. The van der Waals surface area contributed by atoms with Crippen molar-refractivity contribution < 1.29 is 4.92 Å². The molecule has 2 rings (SSSR count). The molecule has 0 saturated heterocycles. The van der Waals surface area contributed by atoms with Crippen molar-refractivity contribution in [3.63, 3.8) is 0 Å². The van der Waals surface area contributed by atoms with E-state index in [1.165, 1.54) is 19.3 Å². The number of hydrogen-bond acceptors (Lipinski definition) is 4. The molecule has 0 spiro atoms. The first-order valence-electron chi connectivity index (χ1n) is 7.92. The van der Waals surface area contributed by atoms with Gasteiger partial charge in [0.1, 0.15) is 5.69 Å². The van der Waals surface area contributed by atoms with Gasteiger partial charge in [-0.3, -0.25) is 10.1 Å². The molecule has 2 atom stereocenters. The van der Waals surface area contributed by atoms with Crippen molar-refractivity contribution in [2.75, 3.05) is 5.32 Å². The Labute approximate surface area is 126 Å². The monoisotopic (exact) mass is 294 g/mol. The average molecular weight is 294 g/mol. The van der Waals surface area contributed by atoms with Crippen molar-refractivity contribution >= 4 is 11.5 Å². The lowest BCUT2D eigenvalue weighted by Crippen LogP contribution is -2.36. The first-order chi connectivity index (χ1) is 9.95. The number of nitrogens with zero attached hydrogens (tertiary/aromatic N) is 3. The Kier molecular flexibility index (Phi) is 4.85. The van der Waals surface area contributed by atoms with Gasteiger partial charge in [-0.15, -0.1) is 0 Å². The Bertz CT molecular complexity index is 510. The summed E-state index contributed by atoms with van der Waals surface area (Å²) in [6.07, 6.45) is 5.29. The smallest absolute Gasteiger partial charge is 0.333 e. The van der Waals surface area contributed by atoms with E-state index in [1.807, 2.05) is 6.92 Å². The quantitative estimate of drug-likeness (QED) is 0.666. The van der Waals surface area contributed by atoms with Crippen LogP contribution in [-0.4, -0.2) is 20.7 Å². The van der Waals surface area contributed by atoms with Gasteiger partial charge in [-0.05, 0) is 31.1 Å². The molecular weight excluding hydrogens is 268 g/mol. The molecular formula is C15H26N4O2. The number of nitrogens with one attached hydrogen (secondary N) is 1. The number of aromatic nitrogens is 2. The first-order valence-corrected chi connectivity index (χ1v) is 7.92. The van der Waals surface area contributed by atoms with Gasteiger partial charge in [0.25, 0.3) is 0 Å². The Balaban J connectivity index is 2.29. The van der Waals surface area contributed by atoms with E-state index in [-0.39, 0.29) is 10.6 Å². The minimum atomic E-state index is -0.304. The summed E-state index contributed by atoms with van der Waals surface area (Å²) in [7, 11) is 1.78. The highest BCUT2D eigenvalue weighted by Crippen LogP contribution is 2.35. The zero-order valence-corrected chi connectivity index (χ0v) is 13.4. The van der Waals surface area contributed by atoms with Crippen molar-refractivity contribution in [2.24, 2.45) is 18.9 Å². The van der Waals surface area contributed by atoms with Gasteiger partial charge in [-0.1, -0.05) is 33.6 Å². The molecule has 1 saturated carbocycles. The van der Waals surface area contributed by atoms with Crippen LogP contribution < -0.4 is 5.32 Å². The minimum absolute atomic E-state index is 0.146. The van der Waals surface area contributed by atoms with Crippen LogP contribution in [0.2, 0.25) is 0 Å². The summed E-state index contributed by atoms with van der Waals surface area (Å²) in [5.74, 6) is 1.72. The fraction of sp³-hybridized carbons (Fsp3) is 0.800. The van der Waals surface area contributed by atoms with Gasteiger partial charge in [-0.25, -0.2) is 4.68 Å². The molecule has 1 fully saturated rings. The molecule has 2 unspecified atom stereocenters. The Morgan fingerprint density at radius 2 is 2.10 bits per heavy atom. The van der Waals surface area contributed by atoms with Gasteiger partial charge in [0, 0.05) is 13.1 Å². The second kappa shape index (κ2) is 6.45. The van der Waals surface area contributed by atoms with Crippen LogP contribution in [-0.2, 0) is 13.5 Å². The fourth-order valence-corrected chi connectivity index (χ4v) is 3.47. The van der Waals surface area contributed by atoms with Crippen LogP contribution in [0.15, 0.2) is 0 Å². The number of anilines is 1. The standard InChI is InChI=1S/C15H26N4O2/c1-5-12-14(19(20)21)15(18(4)17-12)16-13-9-7-6-8-11(13)10(2)3/h10-11,13,16H,5-9H2,1-4H3. The molecule has 1 heterocycles. The third kappa shape index (κ3) is 3.19. The molecule has 1 aromatic heterocycles. The highest BCUT2D eigenvalue weighted by atomic mass is 16.6. The van der Waals surface area contributed by atoms with E-state index in [0.29, 0.717) is 35.8 Å². The number of hydrogen-bond donors (Lipinski definition) is 1. The lowest BCUT2D eigenvalue weighted by Gasteiger charge is -2.35. The van der Waals surface area contributed by atoms with E-state index in [4.69, 9.17) is 0 Å². The fourth-order valence-electron chi connectivity index (χ4n) is 3.47. The summed E-state index contributed by atoms with van der Waals surface area (Å²) in [4.78, 5) is 11.1. The summed E-state index contributed by atoms with van der Waals surface area (Å²) in [5.41, 5.74) is 0.704. The Hall–Kier alpha value is -1.59. The molecule has 0 bridgehead atoms. The normalized spacial score (nSPS) is 22.5. The van der Waals surface area contributed by atoms with Gasteiger partial charge in [0.2, 0.25) is 5.82 Å². The zero-order chi connectivity index (χ0) is 15.6. The zero-order valence-electron chi connectivity index (χ0n) is 13.4. The third-order valence-corrected chi connectivity index (χ3v) is 4.61. The van der Waals surface area contributed by atoms with Crippen LogP contribution in [0.1, 0.15) is 52.1 Å². The van der Waals surface area contributed by atoms with Crippen LogP contribution in [0.4, 0.5) is 11.5 Å². The number of aryl methyl sites for hydroxylation is 2. The van der Waals surface area contributed by atoms with Crippen LogP contribution in [0.5, 0.6) is 0 Å². The average Bonchev–Trinajstić information content (AvgIpc) is 2.76. The summed E-state index contributed by atoms with van der Waals surface area (Å²) in [5, 5.41) is 19.1. The van der Waals surface area contributed by atoms with Crippen LogP contribution in [0.25, 0.3) is 0 Å². The topological polar surface area (TPSA) is 73.0 Å². The van der Waals surface area contributed by atoms with Gasteiger partial charge in [0.15, 0.2) is 0 Å². The second-order valence-electron chi connectivity index (χ2n) is 6.32. The van der Waals surface area contributed by atoms with Crippen LogP contribution in [0.3, 0.4) is 0 Å². The van der Waals surface area contributed by atoms with Crippen molar-refractivity contribution in [3.8, 4) is 0 Å². The maximum absolute atomic E-state index is 11.4. The van der Waals surface area contributed by atoms with E-state index in [0.717, 1.165) is 6.42 Å². The van der Waals surface area contributed by atoms with Crippen LogP contribution >= 0.6 is 0 Å². The molecule has 0 aromatic carbocycles. The Morgan fingerprint density at radius 3 is 2.67 bits per heavy atom. The van der Waals surface area contributed by atoms with E-state index in [9.17, 15) is 10.1 Å². The van der Waals surface area contributed by atoms with Gasteiger partial charge < -0.3 is 5.32 Å². The van der Waals surface area contributed by atoms with E-state index >= 15 is 0 Å². The lowest BCUT2D eigenvalue weighted by atomic mass is 9.78. The predicted molar refractivity (Wildman–Crippen MR) is 83.4 cm³/mol. The van der Waals surface area contributed by atoms with E-state index in [1.54, 1.807) is 11.7 Å². The molecule has 1 aliphatic rings. The van der Waals surface area contributed by atoms with Crippen molar-refractivity contribution in [3.05, 3.63) is 15.8 Å². The predicted octanol–water partition coefficient (Wildman–Crippen LogP) is 3.52. The summed E-state index contributed by atoms with van der Waals surface area (Å²) < 4.78 is 1.63. The maximum Gasteiger partial charge on any atom is 0.333 e. The molecule has 0 aliphatic heterocycles. The highest BCUT2D eigenvalue weighted by Gasteiger charge is 2.32.